The van der Waals surface area contributed by atoms with E-state index in [0.717, 1.165) is 12.0 Å². The van der Waals surface area contributed by atoms with Gasteiger partial charge in [-0.2, -0.15) is 4.31 Å². The van der Waals surface area contributed by atoms with Crippen molar-refractivity contribution in [1.29, 1.82) is 0 Å². The summed E-state index contributed by atoms with van der Waals surface area (Å²) in [5.41, 5.74) is 6.68. The summed E-state index contributed by atoms with van der Waals surface area (Å²) in [6.45, 7) is 6.76. The van der Waals surface area contributed by atoms with E-state index in [1.54, 1.807) is 30.3 Å². The lowest BCUT2D eigenvalue weighted by Crippen LogP contribution is -2.42. The number of nitrogens with one attached hydrogen (secondary N) is 2. The quantitative estimate of drug-likeness (QED) is 0.550. The van der Waals surface area contributed by atoms with E-state index in [2.05, 4.69) is 10.6 Å². The summed E-state index contributed by atoms with van der Waals surface area (Å²) in [4.78, 5) is 23.9. The number of primary amides is 1. The monoisotopic (exact) mass is 488 g/mol. The van der Waals surface area contributed by atoms with E-state index in [0.29, 0.717) is 18.8 Å². The van der Waals surface area contributed by atoms with E-state index in [-0.39, 0.29) is 34.1 Å². The molecule has 10 heteroatoms. The third-order valence-corrected chi connectivity index (χ3v) is 7.76. The predicted octanol–water partition coefficient (Wildman–Crippen LogP) is 3.34. The van der Waals surface area contributed by atoms with Gasteiger partial charge in [-0.15, -0.1) is 0 Å². The highest BCUT2D eigenvalue weighted by Crippen LogP contribution is 2.32. The maximum atomic E-state index is 13.5. The Morgan fingerprint density at radius 2 is 1.71 bits per heavy atom. The fourth-order valence-electron chi connectivity index (χ4n) is 4.32. The van der Waals surface area contributed by atoms with E-state index < -0.39 is 22.0 Å². The number of hydrogen-bond acceptors (Lipinski definition) is 5. The summed E-state index contributed by atoms with van der Waals surface area (Å²) < 4.78 is 33.7. The number of rotatable bonds is 7. The lowest BCUT2D eigenvalue weighted by molar-refractivity contribution is 0.0939. The molecular formula is C24H32N4O5S. The van der Waals surface area contributed by atoms with E-state index >= 15 is 0 Å². The van der Waals surface area contributed by atoms with Crippen molar-refractivity contribution in [2.45, 2.75) is 38.1 Å². The van der Waals surface area contributed by atoms with Crippen molar-refractivity contribution in [2.75, 3.05) is 25.5 Å². The molecule has 3 unspecified atom stereocenters. The topological polar surface area (TPSA) is 131 Å². The van der Waals surface area contributed by atoms with Gasteiger partial charge in [0, 0.05) is 24.3 Å². The SMILES string of the molecule is COc1ccc(C(=O)NC(C)c2ccc(NC(N)=O)cc2)cc1S(=O)(=O)N1CC(C)CC(C)C1. The summed E-state index contributed by atoms with van der Waals surface area (Å²) in [7, 11) is -2.43. The molecule has 2 aromatic carbocycles. The number of sulfonamides is 1. The Labute approximate surface area is 200 Å². The molecule has 1 heterocycles. The van der Waals surface area contributed by atoms with Crippen LogP contribution in [0.3, 0.4) is 0 Å². The molecule has 184 valence electrons. The van der Waals surface area contributed by atoms with Gasteiger partial charge in [0.15, 0.2) is 0 Å². The molecule has 0 spiro atoms. The first-order valence-corrected chi connectivity index (χ1v) is 12.6. The molecule has 1 fully saturated rings. The summed E-state index contributed by atoms with van der Waals surface area (Å²) in [5, 5.41) is 5.36. The van der Waals surface area contributed by atoms with Gasteiger partial charge < -0.3 is 21.1 Å². The first-order valence-electron chi connectivity index (χ1n) is 11.2. The van der Waals surface area contributed by atoms with Crippen molar-refractivity contribution in [3.05, 3.63) is 53.6 Å². The second-order valence-electron chi connectivity index (χ2n) is 8.94. The lowest BCUT2D eigenvalue weighted by Gasteiger charge is -2.34. The zero-order valence-electron chi connectivity index (χ0n) is 19.9. The van der Waals surface area contributed by atoms with E-state index in [4.69, 9.17) is 10.5 Å². The van der Waals surface area contributed by atoms with Crippen LogP contribution in [-0.2, 0) is 10.0 Å². The van der Waals surface area contributed by atoms with Crippen LogP contribution >= 0.6 is 0 Å². The molecule has 3 rings (SSSR count). The fraction of sp³-hybridized carbons (Fsp3) is 0.417. The standard InChI is InChI=1S/C24H32N4O5S/c1-15-11-16(2)14-28(13-15)34(31,32)22-12-19(7-10-21(22)33-4)23(29)26-17(3)18-5-8-20(9-6-18)27-24(25)30/h5-10,12,15-17H,11,13-14H2,1-4H3,(H,26,29)(H3,25,27,30). The zero-order valence-corrected chi connectivity index (χ0v) is 20.7. The number of piperidine rings is 1. The number of carbonyl (C=O) groups excluding carboxylic acids is 2. The molecule has 9 nitrogen and oxygen atoms in total. The number of anilines is 1. The molecule has 3 atom stereocenters. The Balaban J connectivity index is 1.81. The Bertz CT molecular complexity index is 1140. The highest BCUT2D eigenvalue weighted by molar-refractivity contribution is 7.89. The Kier molecular flexibility index (Phi) is 7.83. The minimum atomic E-state index is -3.84. The van der Waals surface area contributed by atoms with Gasteiger partial charge in [0.05, 0.1) is 13.2 Å². The molecule has 0 saturated carbocycles. The molecule has 0 aliphatic carbocycles. The van der Waals surface area contributed by atoms with Crippen LogP contribution in [0.15, 0.2) is 47.4 Å². The Hall–Kier alpha value is -3.11. The molecule has 0 radical (unpaired) electrons. The summed E-state index contributed by atoms with van der Waals surface area (Å²) in [5.74, 6) is 0.294. The molecule has 4 N–H and O–H groups in total. The molecule has 2 aromatic rings. The first-order chi connectivity index (χ1) is 16.0. The predicted molar refractivity (Wildman–Crippen MR) is 130 cm³/mol. The van der Waals surface area contributed by atoms with E-state index in [1.807, 2.05) is 20.8 Å². The molecule has 0 aromatic heterocycles. The number of amides is 3. The van der Waals surface area contributed by atoms with Crippen LogP contribution in [0.5, 0.6) is 5.75 Å². The van der Waals surface area contributed by atoms with E-state index in [1.165, 1.54) is 23.5 Å². The minimum Gasteiger partial charge on any atom is -0.495 e. The smallest absolute Gasteiger partial charge is 0.316 e. The number of benzene rings is 2. The molecular weight excluding hydrogens is 456 g/mol. The van der Waals surface area contributed by atoms with Gasteiger partial charge >= 0.3 is 6.03 Å². The number of carbonyl (C=O) groups is 2. The van der Waals surface area contributed by atoms with Crippen molar-refractivity contribution in [2.24, 2.45) is 17.6 Å². The molecule has 3 amide bonds. The van der Waals surface area contributed by atoms with Crippen molar-refractivity contribution in [3.8, 4) is 5.75 Å². The molecule has 34 heavy (non-hydrogen) atoms. The number of ether oxygens (including phenoxy) is 1. The van der Waals surface area contributed by atoms with Crippen molar-refractivity contribution in [3.63, 3.8) is 0 Å². The molecule has 1 saturated heterocycles. The van der Waals surface area contributed by atoms with Crippen molar-refractivity contribution < 1.29 is 22.7 Å². The third kappa shape index (κ3) is 5.87. The number of urea groups is 1. The highest BCUT2D eigenvalue weighted by atomic mass is 32.2. The normalized spacial score (nSPS) is 19.8. The van der Waals surface area contributed by atoms with Gasteiger partial charge in [-0.25, -0.2) is 13.2 Å². The average molecular weight is 489 g/mol. The van der Waals surface area contributed by atoms with Crippen LogP contribution in [-0.4, -0.2) is 44.9 Å². The van der Waals surface area contributed by atoms with Crippen LogP contribution in [0.25, 0.3) is 0 Å². The molecule has 0 bridgehead atoms. The average Bonchev–Trinajstić information content (AvgIpc) is 2.78. The summed E-state index contributed by atoms with van der Waals surface area (Å²) >= 11 is 0. The van der Waals surface area contributed by atoms with Gasteiger partial charge in [0.2, 0.25) is 10.0 Å². The highest BCUT2D eigenvalue weighted by Gasteiger charge is 2.34. The van der Waals surface area contributed by atoms with Crippen LogP contribution in [0, 0.1) is 11.8 Å². The van der Waals surface area contributed by atoms with Gasteiger partial charge in [-0.05, 0) is 61.1 Å². The summed E-state index contributed by atoms with van der Waals surface area (Å²) in [6.07, 6.45) is 0.975. The van der Waals surface area contributed by atoms with Gasteiger partial charge in [-0.3, -0.25) is 4.79 Å². The maximum absolute atomic E-state index is 13.5. The number of nitrogens with zero attached hydrogens (tertiary/aromatic N) is 1. The number of hydrogen-bond donors (Lipinski definition) is 3. The second kappa shape index (κ2) is 10.4. The summed E-state index contributed by atoms with van der Waals surface area (Å²) in [6, 6.07) is 10.3. The maximum Gasteiger partial charge on any atom is 0.316 e. The van der Waals surface area contributed by atoms with Gasteiger partial charge in [0.1, 0.15) is 10.6 Å². The Morgan fingerprint density at radius 3 is 2.26 bits per heavy atom. The van der Waals surface area contributed by atoms with Crippen LogP contribution in [0.2, 0.25) is 0 Å². The van der Waals surface area contributed by atoms with Crippen LogP contribution in [0.4, 0.5) is 10.5 Å². The second-order valence-corrected chi connectivity index (χ2v) is 10.8. The van der Waals surface area contributed by atoms with Crippen LogP contribution < -0.4 is 21.1 Å². The molecule has 1 aliphatic rings. The van der Waals surface area contributed by atoms with Gasteiger partial charge in [0.25, 0.3) is 5.91 Å². The van der Waals surface area contributed by atoms with Crippen molar-refractivity contribution >= 4 is 27.6 Å². The third-order valence-electron chi connectivity index (χ3n) is 5.90. The largest absolute Gasteiger partial charge is 0.495 e. The zero-order chi connectivity index (χ0) is 25.0. The molecule has 1 aliphatic heterocycles. The number of methoxy groups -OCH3 is 1. The Morgan fingerprint density at radius 1 is 1.09 bits per heavy atom. The van der Waals surface area contributed by atoms with Crippen molar-refractivity contribution in [1.82, 2.24) is 9.62 Å². The van der Waals surface area contributed by atoms with Gasteiger partial charge in [-0.1, -0.05) is 26.0 Å². The first kappa shape index (κ1) is 25.5. The van der Waals surface area contributed by atoms with Crippen LogP contribution in [0.1, 0.15) is 49.2 Å². The fourth-order valence-corrected chi connectivity index (χ4v) is 6.18. The minimum absolute atomic E-state index is 0.0153. The van der Waals surface area contributed by atoms with E-state index in [9.17, 15) is 18.0 Å². The number of nitrogens with two attached hydrogens (primary N) is 1. The lowest BCUT2D eigenvalue weighted by atomic mass is 9.94.